The molecule has 0 amide bonds. The Morgan fingerprint density at radius 1 is 0.400 bits per heavy atom. The molecule has 3 aromatic heterocycles. The van der Waals surface area contributed by atoms with Crippen molar-refractivity contribution in [1.82, 2.24) is 14.1 Å². The van der Waals surface area contributed by atoms with Gasteiger partial charge in [0.25, 0.3) is 0 Å². The van der Waals surface area contributed by atoms with Crippen molar-refractivity contribution in [2.45, 2.75) is 0 Å². The van der Waals surface area contributed by atoms with Crippen molar-refractivity contribution >= 4 is 65.2 Å². The third-order valence-electron chi connectivity index (χ3n) is 8.31. The SMILES string of the molecule is c1ccc(-n2c3ccccc3c3c4cc5c6ccccc6n(-c6cc7ccccc7cn6)c5cc4ccc32)cc1. The summed E-state index contributed by atoms with van der Waals surface area (Å²) in [4.78, 5) is 4.92. The van der Waals surface area contributed by atoms with Gasteiger partial charge in [0.15, 0.2) is 0 Å². The van der Waals surface area contributed by atoms with Crippen molar-refractivity contribution in [1.29, 1.82) is 0 Å². The molecule has 0 N–H and O–H groups in total. The topological polar surface area (TPSA) is 22.8 Å². The van der Waals surface area contributed by atoms with Crippen molar-refractivity contribution in [3.8, 4) is 11.5 Å². The van der Waals surface area contributed by atoms with Gasteiger partial charge in [-0.25, -0.2) is 4.98 Å². The predicted molar refractivity (Wildman–Crippen MR) is 168 cm³/mol. The molecule has 9 aromatic rings. The second kappa shape index (κ2) is 8.05. The van der Waals surface area contributed by atoms with Crippen molar-refractivity contribution in [2.75, 3.05) is 0 Å². The highest BCUT2D eigenvalue weighted by atomic mass is 15.1. The van der Waals surface area contributed by atoms with Crippen LogP contribution in [0, 0.1) is 0 Å². The average molecular weight is 510 g/mol. The number of nitrogens with zero attached hydrogens (tertiary/aromatic N) is 3. The van der Waals surface area contributed by atoms with Crippen LogP contribution in [0.3, 0.4) is 0 Å². The van der Waals surface area contributed by atoms with Crippen LogP contribution >= 0.6 is 0 Å². The summed E-state index contributed by atoms with van der Waals surface area (Å²) in [5.74, 6) is 0.936. The number of hydrogen-bond donors (Lipinski definition) is 0. The quantitative estimate of drug-likeness (QED) is 0.227. The van der Waals surface area contributed by atoms with E-state index in [0.29, 0.717) is 0 Å². The number of para-hydroxylation sites is 3. The molecule has 6 aromatic carbocycles. The molecule has 3 heterocycles. The van der Waals surface area contributed by atoms with Gasteiger partial charge in [0.05, 0.1) is 22.1 Å². The van der Waals surface area contributed by atoms with Gasteiger partial charge in [-0.1, -0.05) is 84.9 Å². The van der Waals surface area contributed by atoms with Gasteiger partial charge in [0.2, 0.25) is 0 Å². The molecule has 0 spiro atoms. The van der Waals surface area contributed by atoms with E-state index in [9.17, 15) is 0 Å². The first kappa shape index (κ1) is 21.5. The van der Waals surface area contributed by atoms with Gasteiger partial charge in [-0.05, 0) is 64.7 Å². The Morgan fingerprint density at radius 3 is 1.95 bits per heavy atom. The van der Waals surface area contributed by atoms with Crippen molar-refractivity contribution in [3.63, 3.8) is 0 Å². The molecule has 0 aliphatic heterocycles. The van der Waals surface area contributed by atoms with Crippen LogP contribution < -0.4 is 0 Å². The molecule has 0 aliphatic rings. The van der Waals surface area contributed by atoms with Crippen LogP contribution in [0.25, 0.3) is 76.7 Å². The number of rotatable bonds is 2. The summed E-state index contributed by atoms with van der Waals surface area (Å²) in [6.07, 6.45) is 1.98. The average Bonchev–Trinajstić information content (AvgIpc) is 3.53. The molecule has 9 rings (SSSR count). The van der Waals surface area contributed by atoms with E-state index < -0.39 is 0 Å². The van der Waals surface area contributed by atoms with Crippen molar-refractivity contribution in [3.05, 3.63) is 140 Å². The molecular formula is C37H23N3. The minimum absolute atomic E-state index is 0.936. The summed E-state index contributed by atoms with van der Waals surface area (Å²) in [6.45, 7) is 0. The Bertz CT molecular complexity index is 2430. The number of fused-ring (bicyclic) bond motifs is 9. The van der Waals surface area contributed by atoms with E-state index in [-0.39, 0.29) is 0 Å². The first-order chi connectivity index (χ1) is 19.8. The van der Waals surface area contributed by atoms with Gasteiger partial charge in [0.1, 0.15) is 5.82 Å². The van der Waals surface area contributed by atoms with E-state index in [0.717, 1.165) is 11.2 Å². The van der Waals surface area contributed by atoms with Gasteiger partial charge in [-0.3, -0.25) is 4.57 Å². The molecule has 3 nitrogen and oxygen atoms in total. The fraction of sp³-hybridized carbons (Fsp3) is 0. The lowest BCUT2D eigenvalue weighted by atomic mass is 10.0. The molecule has 0 aliphatic carbocycles. The summed E-state index contributed by atoms with van der Waals surface area (Å²) < 4.78 is 4.70. The Hall–Kier alpha value is -5.41. The van der Waals surface area contributed by atoms with Crippen LogP contribution in [0.15, 0.2) is 140 Å². The number of hydrogen-bond acceptors (Lipinski definition) is 1. The first-order valence-corrected chi connectivity index (χ1v) is 13.6. The van der Waals surface area contributed by atoms with E-state index in [1.54, 1.807) is 0 Å². The number of pyridine rings is 1. The monoisotopic (exact) mass is 509 g/mol. The Kier molecular flexibility index (Phi) is 4.33. The highest BCUT2D eigenvalue weighted by molar-refractivity contribution is 6.25. The second-order valence-corrected chi connectivity index (χ2v) is 10.5. The van der Waals surface area contributed by atoms with Crippen LogP contribution in [0.4, 0.5) is 0 Å². The lowest BCUT2D eigenvalue weighted by Gasteiger charge is -2.10. The summed E-state index contributed by atoms with van der Waals surface area (Å²) in [6, 6.07) is 48.0. The summed E-state index contributed by atoms with van der Waals surface area (Å²) in [5, 5.41) is 9.86. The van der Waals surface area contributed by atoms with Gasteiger partial charge >= 0.3 is 0 Å². The molecule has 0 radical (unpaired) electrons. The highest BCUT2D eigenvalue weighted by Gasteiger charge is 2.18. The summed E-state index contributed by atoms with van der Waals surface area (Å²) in [5.41, 5.74) is 5.95. The van der Waals surface area contributed by atoms with Crippen LogP contribution in [0.5, 0.6) is 0 Å². The van der Waals surface area contributed by atoms with E-state index >= 15 is 0 Å². The maximum absolute atomic E-state index is 4.92. The molecule has 0 atom stereocenters. The maximum Gasteiger partial charge on any atom is 0.138 e. The number of aromatic nitrogens is 3. The number of benzene rings is 6. The van der Waals surface area contributed by atoms with Crippen LogP contribution in [-0.2, 0) is 0 Å². The minimum atomic E-state index is 0.936. The second-order valence-electron chi connectivity index (χ2n) is 10.5. The smallest absolute Gasteiger partial charge is 0.138 e. The lowest BCUT2D eigenvalue weighted by molar-refractivity contribution is 1.09. The largest absolute Gasteiger partial charge is 0.309 e. The van der Waals surface area contributed by atoms with Gasteiger partial charge in [-0.15, -0.1) is 0 Å². The summed E-state index contributed by atoms with van der Waals surface area (Å²) >= 11 is 0. The fourth-order valence-electron chi connectivity index (χ4n) is 6.55. The molecule has 0 saturated carbocycles. The third kappa shape index (κ3) is 2.92. The zero-order chi connectivity index (χ0) is 26.2. The molecule has 0 bridgehead atoms. The standard InChI is InChI=1S/C37H23N3/c1-2-12-27(13-3-1)39-33-17-9-7-15-29(33)37-30-22-31-28-14-6-8-16-32(28)40(35(31)20-25(30)18-19-34(37)39)36-21-24-10-4-5-11-26(24)23-38-36/h1-23H. The van der Waals surface area contributed by atoms with Crippen LogP contribution in [0.1, 0.15) is 0 Å². The van der Waals surface area contributed by atoms with E-state index in [1.165, 1.54) is 65.5 Å². The van der Waals surface area contributed by atoms with Crippen molar-refractivity contribution in [2.24, 2.45) is 0 Å². The lowest BCUT2D eigenvalue weighted by Crippen LogP contribution is -1.97. The maximum atomic E-state index is 4.92. The normalized spacial score (nSPS) is 12.0. The zero-order valence-corrected chi connectivity index (χ0v) is 21.6. The fourth-order valence-corrected chi connectivity index (χ4v) is 6.55. The first-order valence-electron chi connectivity index (χ1n) is 13.6. The van der Waals surface area contributed by atoms with Gasteiger partial charge in [-0.2, -0.15) is 0 Å². The summed E-state index contributed by atoms with van der Waals surface area (Å²) in [7, 11) is 0. The molecule has 0 unspecified atom stereocenters. The van der Waals surface area contributed by atoms with Crippen LogP contribution in [0.2, 0.25) is 0 Å². The third-order valence-corrected chi connectivity index (χ3v) is 8.31. The van der Waals surface area contributed by atoms with Gasteiger partial charge in [0, 0.05) is 38.8 Å². The highest BCUT2D eigenvalue weighted by Crippen LogP contribution is 2.40. The Balaban J connectivity index is 1.42. The minimum Gasteiger partial charge on any atom is -0.309 e. The molecule has 3 heteroatoms. The molecule has 40 heavy (non-hydrogen) atoms. The zero-order valence-electron chi connectivity index (χ0n) is 21.6. The predicted octanol–water partition coefficient (Wildman–Crippen LogP) is 9.58. The van der Waals surface area contributed by atoms with Crippen molar-refractivity contribution < 1.29 is 0 Å². The van der Waals surface area contributed by atoms with Gasteiger partial charge < -0.3 is 4.57 Å². The molecule has 0 fully saturated rings. The molecule has 186 valence electrons. The molecule has 0 saturated heterocycles. The van der Waals surface area contributed by atoms with E-state index in [1.807, 2.05) is 6.20 Å². The molecular weight excluding hydrogens is 486 g/mol. The Labute approximate surface area is 230 Å². The van der Waals surface area contributed by atoms with Crippen LogP contribution in [-0.4, -0.2) is 14.1 Å². The van der Waals surface area contributed by atoms with E-state index in [2.05, 4.69) is 143 Å². The van der Waals surface area contributed by atoms with E-state index in [4.69, 9.17) is 4.98 Å². The Morgan fingerprint density at radius 2 is 1.10 bits per heavy atom.